The van der Waals surface area contributed by atoms with E-state index < -0.39 is 4.92 Å². The van der Waals surface area contributed by atoms with Crippen LogP contribution in [0.3, 0.4) is 0 Å². The number of nitro groups is 1. The van der Waals surface area contributed by atoms with Crippen molar-refractivity contribution in [1.82, 2.24) is 24.4 Å². The number of methoxy groups -OCH3 is 2. The number of benzene rings is 3. The monoisotopic (exact) mass is 634 g/mol. The molecule has 0 spiro atoms. The van der Waals surface area contributed by atoms with Gasteiger partial charge in [0.05, 0.1) is 29.4 Å². The molecule has 0 unspecified atom stereocenters. The van der Waals surface area contributed by atoms with Crippen LogP contribution in [0.5, 0.6) is 17.2 Å². The van der Waals surface area contributed by atoms with Crippen molar-refractivity contribution in [2.24, 2.45) is 0 Å². The lowest BCUT2D eigenvalue weighted by Gasteiger charge is -2.09. The highest BCUT2D eigenvalue weighted by Gasteiger charge is 2.20. The molecule has 0 amide bonds. The lowest BCUT2D eigenvalue weighted by Crippen LogP contribution is -2.23. The fraction of sp³-hybridized carbons (Fsp3) is 0.0909. The molecular weight excluding hydrogens is 608 g/mol. The number of aromatic nitrogens is 5. The maximum atomic E-state index is 13.4. The Morgan fingerprint density at radius 2 is 1.76 bits per heavy atom. The van der Waals surface area contributed by atoms with E-state index in [-0.39, 0.29) is 17.0 Å². The van der Waals surface area contributed by atoms with Gasteiger partial charge in [0, 0.05) is 23.4 Å². The maximum absolute atomic E-state index is 13.4. The van der Waals surface area contributed by atoms with Crippen molar-refractivity contribution in [3.63, 3.8) is 0 Å². The summed E-state index contributed by atoms with van der Waals surface area (Å²) in [6.45, 7) is 4.02. The van der Waals surface area contributed by atoms with Crippen LogP contribution in [0.15, 0.2) is 90.4 Å². The molecule has 3 aromatic heterocycles. The van der Waals surface area contributed by atoms with E-state index in [1.54, 1.807) is 48.3 Å². The Labute approximate surface area is 265 Å². The summed E-state index contributed by atoms with van der Waals surface area (Å²) in [7, 11) is 2.94. The van der Waals surface area contributed by atoms with Gasteiger partial charge in [-0.2, -0.15) is 14.6 Å². The summed E-state index contributed by atoms with van der Waals surface area (Å²) in [4.78, 5) is 29.6. The molecule has 6 rings (SSSR count). The van der Waals surface area contributed by atoms with E-state index >= 15 is 0 Å². The number of ether oxygens (including phenoxy) is 3. The molecule has 230 valence electrons. The number of rotatable bonds is 11. The first kappa shape index (κ1) is 30.0. The maximum Gasteiger partial charge on any atom is 0.311 e. The first-order chi connectivity index (χ1) is 22.4. The number of para-hydroxylation sites is 1. The molecule has 3 heterocycles. The van der Waals surface area contributed by atoms with E-state index in [4.69, 9.17) is 19.3 Å². The van der Waals surface area contributed by atoms with Crippen molar-refractivity contribution >= 4 is 40.2 Å². The van der Waals surface area contributed by atoms with Gasteiger partial charge < -0.3 is 14.2 Å². The van der Waals surface area contributed by atoms with Gasteiger partial charge in [-0.25, -0.2) is 4.68 Å². The van der Waals surface area contributed by atoms with Gasteiger partial charge in [-0.1, -0.05) is 54.3 Å². The average molecular weight is 635 g/mol. The zero-order valence-corrected chi connectivity index (χ0v) is 25.5. The van der Waals surface area contributed by atoms with E-state index in [2.05, 4.69) is 16.7 Å². The molecule has 3 aromatic carbocycles. The quantitative estimate of drug-likeness (QED) is 0.107. The van der Waals surface area contributed by atoms with Crippen LogP contribution in [-0.2, 0) is 0 Å². The van der Waals surface area contributed by atoms with Crippen LogP contribution in [0.25, 0.3) is 40.1 Å². The largest absolute Gasteiger partial charge is 0.493 e. The van der Waals surface area contributed by atoms with Gasteiger partial charge in [-0.15, -0.1) is 5.10 Å². The van der Waals surface area contributed by atoms with Crippen molar-refractivity contribution in [2.75, 3.05) is 20.8 Å². The number of fused-ring (bicyclic) bond motifs is 1. The predicted molar refractivity (Wildman–Crippen MR) is 176 cm³/mol. The second-order valence-electron chi connectivity index (χ2n) is 9.78. The molecule has 6 aromatic rings. The van der Waals surface area contributed by atoms with Crippen molar-refractivity contribution in [1.29, 1.82) is 0 Å². The molecule has 0 fully saturated rings. The van der Waals surface area contributed by atoms with Crippen LogP contribution >= 0.6 is 11.3 Å². The molecule has 0 radical (unpaired) electrons. The minimum Gasteiger partial charge on any atom is -0.493 e. The van der Waals surface area contributed by atoms with E-state index in [1.165, 1.54) is 35.1 Å². The molecule has 0 aliphatic carbocycles. The second kappa shape index (κ2) is 12.9. The highest BCUT2D eigenvalue weighted by Crippen LogP contribution is 2.34. The van der Waals surface area contributed by atoms with Crippen LogP contribution in [0.2, 0.25) is 0 Å². The molecule has 0 aliphatic heterocycles. The Bertz CT molecular complexity index is 2220. The van der Waals surface area contributed by atoms with Crippen LogP contribution in [-0.4, -0.2) is 50.1 Å². The van der Waals surface area contributed by atoms with E-state index in [9.17, 15) is 14.9 Å². The van der Waals surface area contributed by atoms with Crippen molar-refractivity contribution in [3.05, 3.63) is 128 Å². The standard InChI is InChI=1S/C33H26N6O6S/c1-4-16-45-27-13-10-21(17-28(27)44-3)11-15-30-34-33-38(35-30)32(40)29(46-33)19-23-20-37(24-8-6-5-7-9-24)36-31(23)22-12-14-26(43-2)25(18-22)39(41)42/h4-15,17-20H,1,16H2,2-3H3/b15-11+,29-19-. The summed E-state index contributed by atoms with van der Waals surface area (Å²) >= 11 is 1.18. The third-order valence-corrected chi connectivity index (χ3v) is 7.83. The smallest absolute Gasteiger partial charge is 0.311 e. The van der Waals surface area contributed by atoms with Crippen LogP contribution < -0.4 is 24.3 Å². The van der Waals surface area contributed by atoms with Gasteiger partial charge in [0.2, 0.25) is 4.96 Å². The Morgan fingerprint density at radius 1 is 0.978 bits per heavy atom. The Morgan fingerprint density at radius 3 is 2.48 bits per heavy atom. The first-order valence-electron chi connectivity index (χ1n) is 13.9. The van der Waals surface area contributed by atoms with Gasteiger partial charge in [0.25, 0.3) is 5.56 Å². The van der Waals surface area contributed by atoms with Gasteiger partial charge in [0.1, 0.15) is 12.3 Å². The lowest BCUT2D eigenvalue weighted by molar-refractivity contribution is -0.385. The molecule has 0 bridgehead atoms. The molecule has 0 aliphatic rings. The Hall–Kier alpha value is -6.08. The zero-order chi connectivity index (χ0) is 32.2. The van der Waals surface area contributed by atoms with E-state index in [1.807, 2.05) is 48.5 Å². The number of nitrogens with zero attached hydrogens (tertiary/aromatic N) is 6. The normalized spacial score (nSPS) is 11.7. The SMILES string of the molecule is C=CCOc1ccc(/C=C/c2nc3s/c(=C\c4cn(-c5ccccc5)nc4-c4ccc(OC)c([N+](=O)[O-])c4)c(=O)n3n2)cc1OC. The molecule has 13 heteroatoms. The van der Waals surface area contributed by atoms with E-state index in [0.717, 1.165) is 11.3 Å². The molecule has 0 atom stereocenters. The third-order valence-electron chi connectivity index (χ3n) is 6.87. The topological polar surface area (TPSA) is 136 Å². The fourth-order valence-electron chi connectivity index (χ4n) is 4.70. The number of nitro benzene ring substituents is 1. The summed E-state index contributed by atoms with van der Waals surface area (Å²) in [6, 6.07) is 19.5. The Kier molecular flexibility index (Phi) is 8.39. The molecule has 0 saturated carbocycles. The number of thiazole rings is 1. The second-order valence-corrected chi connectivity index (χ2v) is 10.8. The Balaban J connectivity index is 1.37. The van der Waals surface area contributed by atoms with Crippen molar-refractivity contribution < 1.29 is 19.1 Å². The van der Waals surface area contributed by atoms with Crippen molar-refractivity contribution in [3.8, 4) is 34.2 Å². The summed E-state index contributed by atoms with van der Waals surface area (Å²) in [5, 5.41) is 20.9. The zero-order valence-electron chi connectivity index (χ0n) is 24.7. The van der Waals surface area contributed by atoms with Gasteiger partial charge in [-0.3, -0.25) is 14.9 Å². The molecule has 0 N–H and O–H groups in total. The molecular formula is C33H26N6O6S. The number of hydrogen-bond acceptors (Lipinski definition) is 10. The minimum absolute atomic E-state index is 0.132. The molecule has 0 saturated heterocycles. The summed E-state index contributed by atoms with van der Waals surface area (Å²) in [5.41, 5.74) is 2.59. The third kappa shape index (κ3) is 5.99. The minimum atomic E-state index is -0.508. The number of hydrogen-bond donors (Lipinski definition) is 0. The summed E-state index contributed by atoms with van der Waals surface area (Å²) in [5.74, 6) is 1.67. The predicted octanol–water partition coefficient (Wildman–Crippen LogP) is 5.21. The lowest BCUT2D eigenvalue weighted by atomic mass is 10.1. The molecule has 46 heavy (non-hydrogen) atoms. The van der Waals surface area contributed by atoms with Crippen LogP contribution in [0, 0.1) is 10.1 Å². The van der Waals surface area contributed by atoms with Crippen molar-refractivity contribution in [2.45, 2.75) is 0 Å². The summed E-state index contributed by atoms with van der Waals surface area (Å²) in [6.07, 6.45) is 8.64. The van der Waals surface area contributed by atoms with Gasteiger partial charge in [0.15, 0.2) is 23.1 Å². The highest BCUT2D eigenvalue weighted by atomic mass is 32.1. The molecule has 12 nitrogen and oxygen atoms in total. The highest BCUT2D eigenvalue weighted by molar-refractivity contribution is 7.15. The van der Waals surface area contributed by atoms with Crippen LogP contribution in [0.1, 0.15) is 17.0 Å². The van der Waals surface area contributed by atoms with E-state index in [0.29, 0.717) is 50.2 Å². The van der Waals surface area contributed by atoms with Gasteiger partial charge in [-0.05, 0) is 54.1 Å². The van der Waals surface area contributed by atoms with Crippen LogP contribution in [0.4, 0.5) is 5.69 Å². The summed E-state index contributed by atoms with van der Waals surface area (Å²) < 4.78 is 19.5. The average Bonchev–Trinajstić information content (AvgIpc) is 3.77. The van der Waals surface area contributed by atoms with Gasteiger partial charge >= 0.3 is 5.69 Å². The first-order valence-corrected chi connectivity index (χ1v) is 14.7. The fourth-order valence-corrected chi connectivity index (χ4v) is 5.60.